The van der Waals surface area contributed by atoms with Gasteiger partial charge >= 0.3 is 0 Å². The van der Waals surface area contributed by atoms with Gasteiger partial charge in [0.2, 0.25) is 0 Å². The van der Waals surface area contributed by atoms with Gasteiger partial charge in [0.05, 0.1) is 39.0 Å². The van der Waals surface area contributed by atoms with E-state index in [9.17, 15) is 13.4 Å². The van der Waals surface area contributed by atoms with E-state index in [1.807, 2.05) is 37.3 Å². The molecule has 3 aromatic carbocycles. The van der Waals surface area contributed by atoms with Gasteiger partial charge in [0.25, 0.3) is 5.91 Å². The predicted octanol–water partition coefficient (Wildman–Crippen LogP) is 6.66. The zero-order valence-electron chi connectivity index (χ0n) is 19.8. The quantitative estimate of drug-likeness (QED) is 0.290. The first kappa shape index (κ1) is 25.4. The molecule has 188 valence electrons. The SMILES string of the molecule is C[C@H](NC(=O)c1nn(-c2ccc(Cl)cc2Cl)c2c1CS(=O)C=C2Cc1ccc(F)cc1)c1ccccc1. The smallest absolute Gasteiger partial charge is 0.272 e. The number of carbonyl (C=O) groups excluding carboxylic acids is 1. The first-order valence-corrected chi connectivity index (χ1v) is 13.7. The van der Waals surface area contributed by atoms with Crippen molar-refractivity contribution in [1.82, 2.24) is 15.1 Å². The topological polar surface area (TPSA) is 64.0 Å². The minimum Gasteiger partial charge on any atom is -0.344 e. The first-order valence-electron chi connectivity index (χ1n) is 11.6. The number of hydrogen-bond donors (Lipinski definition) is 1. The average Bonchev–Trinajstić information content (AvgIpc) is 3.25. The van der Waals surface area contributed by atoms with Crippen molar-refractivity contribution in [3.8, 4) is 5.69 Å². The highest BCUT2D eigenvalue weighted by Gasteiger charge is 2.31. The van der Waals surface area contributed by atoms with Gasteiger partial charge in [-0.3, -0.25) is 9.00 Å². The molecule has 0 radical (unpaired) electrons. The first-order chi connectivity index (χ1) is 17.8. The second kappa shape index (κ2) is 10.6. The summed E-state index contributed by atoms with van der Waals surface area (Å²) < 4.78 is 28.0. The molecule has 1 unspecified atom stereocenters. The Kier molecular flexibility index (Phi) is 7.29. The summed E-state index contributed by atoms with van der Waals surface area (Å²) in [6.07, 6.45) is 0.372. The molecule has 5 nitrogen and oxygen atoms in total. The van der Waals surface area contributed by atoms with Crippen LogP contribution < -0.4 is 5.32 Å². The summed E-state index contributed by atoms with van der Waals surface area (Å²) >= 11 is 12.7. The van der Waals surface area contributed by atoms with Crippen molar-refractivity contribution in [2.24, 2.45) is 0 Å². The van der Waals surface area contributed by atoms with Gasteiger partial charge in [-0.15, -0.1) is 0 Å². The molecule has 9 heteroatoms. The lowest BCUT2D eigenvalue weighted by Gasteiger charge is -2.18. The summed E-state index contributed by atoms with van der Waals surface area (Å²) in [4.78, 5) is 13.5. The minimum absolute atomic E-state index is 0.135. The third-order valence-corrected chi connectivity index (χ3v) is 7.81. The van der Waals surface area contributed by atoms with Crippen LogP contribution >= 0.6 is 23.2 Å². The van der Waals surface area contributed by atoms with Gasteiger partial charge in [0.1, 0.15) is 5.82 Å². The fourth-order valence-electron chi connectivity index (χ4n) is 4.36. The van der Waals surface area contributed by atoms with Crippen LogP contribution in [0.15, 0.2) is 78.2 Å². The van der Waals surface area contributed by atoms with Crippen LogP contribution in [0.3, 0.4) is 0 Å². The molecule has 2 heterocycles. The van der Waals surface area contributed by atoms with E-state index in [0.29, 0.717) is 39.0 Å². The maximum absolute atomic E-state index is 13.5. The van der Waals surface area contributed by atoms with E-state index in [2.05, 4.69) is 10.4 Å². The predicted molar refractivity (Wildman–Crippen MR) is 146 cm³/mol. The Morgan fingerprint density at radius 1 is 1.11 bits per heavy atom. The molecule has 5 rings (SSSR count). The number of fused-ring (bicyclic) bond motifs is 1. The Morgan fingerprint density at radius 2 is 1.84 bits per heavy atom. The van der Waals surface area contributed by atoms with E-state index in [-0.39, 0.29) is 29.2 Å². The monoisotopic (exact) mass is 553 g/mol. The second-order valence-electron chi connectivity index (χ2n) is 8.76. The van der Waals surface area contributed by atoms with Crippen LogP contribution in [0.2, 0.25) is 10.0 Å². The molecule has 2 atom stereocenters. The van der Waals surface area contributed by atoms with Gasteiger partial charge < -0.3 is 5.32 Å². The Balaban J connectivity index is 1.61. The summed E-state index contributed by atoms with van der Waals surface area (Å²) in [5.74, 6) is -0.581. The molecule has 0 saturated carbocycles. The number of benzene rings is 3. The largest absolute Gasteiger partial charge is 0.344 e. The molecule has 37 heavy (non-hydrogen) atoms. The van der Waals surface area contributed by atoms with Crippen LogP contribution in [0.4, 0.5) is 4.39 Å². The Morgan fingerprint density at radius 3 is 2.54 bits per heavy atom. The summed E-state index contributed by atoms with van der Waals surface area (Å²) in [6.45, 7) is 1.89. The number of aromatic nitrogens is 2. The van der Waals surface area contributed by atoms with Crippen molar-refractivity contribution in [2.75, 3.05) is 0 Å². The number of amides is 1. The summed E-state index contributed by atoms with van der Waals surface area (Å²) in [5.41, 5.74) is 4.42. The number of hydrogen-bond acceptors (Lipinski definition) is 3. The molecule has 1 amide bonds. The molecule has 0 aliphatic carbocycles. The van der Waals surface area contributed by atoms with E-state index in [1.165, 1.54) is 12.1 Å². The van der Waals surface area contributed by atoms with Gasteiger partial charge in [-0.1, -0.05) is 65.7 Å². The molecule has 0 saturated heterocycles. The van der Waals surface area contributed by atoms with Gasteiger partial charge in [0.15, 0.2) is 5.69 Å². The lowest BCUT2D eigenvalue weighted by atomic mass is 9.99. The van der Waals surface area contributed by atoms with E-state index in [4.69, 9.17) is 23.2 Å². The summed E-state index contributed by atoms with van der Waals surface area (Å²) in [6, 6.07) is 20.5. The number of nitrogens with zero attached hydrogens (tertiary/aromatic N) is 2. The summed E-state index contributed by atoms with van der Waals surface area (Å²) in [7, 11) is -1.36. The van der Waals surface area contributed by atoms with Crippen LogP contribution in [0.1, 0.15) is 45.8 Å². The van der Waals surface area contributed by atoms with Gasteiger partial charge in [0, 0.05) is 22.4 Å². The number of rotatable bonds is 6. The fourth-order valence-corrected chi connectivity index (χ4v) is 6.00. The highest BCUT2D eigenvalue weighted by atomic mass is 35.5. The standard InChI is InChI=1S/C28H22Cl2FN3O2S/c1-17(19-5-3-2-4-6-19)32-28(35)26-23-16-37(36)15-20(13-18-7-10-22(31)11-8-18)27(23)34(33-26)25-12-9-21(29)14-24(25)30/h2-12,14-15,17H,13,16H2,1H3,(H,32,35)/t17-,37?/m0/s1. The molecular weight excluding hydrogens is 532 g/mol. The maximum Gasteiger partial charge on any atom is 0.272 e. The fraction of sp³-hybridized carbons (Fsp3) is 0.143. The molecule has 4 aromatic rings. The molecule has 0 spiro atoms. The Bertz CT molecular complexity index is 1540. The van der Waals surface area contributed by atoms with Crippen LogP contribution in [-0.2, 0) is 23.0 Å². The molecule has 0 fully saturated rings. The van der Waals surface area contributed by atoms with E-state index >= 15 is 0 Å². The minimum atomic E-state index is -1.36. The lowest BCUT2D eigenvalue weighted by molar-refractivity contribution is 0.0933. The van der Waals surface area contributed by atoms with Gasteiger partial charge in [-0.2, -0.15) is 5.10 Å². The Hall–Kier alpha value is -3.26. The van der Waals surface area contributed by atoms with Crippen LogP contribution in [0, 0.1) is 5.82 Å². The number of allylic oxidation sites excluding steroid dienone is 1. The van der Waals surface area contributed by atoms with Crippen LogP contribution in [-0.4, -0.2) is 19.9 Å². The molecule has 1 aliphatic rings. The number of nitrogens with one attached hydrogen (secondary N) is 1. The third-order valence-electron chi connectivity index (χ3n) is 6.16. The highest BCUT2D eigenvalue weighted by Crippen LogP contribution is 2.36. The molecule has 0 bridgehead atoms. The van der Waals surface area contributed by atoms with Crippen LogP contribution in [0.5, 0.6) is 0 Å². The van der Waals surface area contributed by atoms with E-state index in [1.54, 1.807) is 40.4 Å². The molecule has 1 aliphatic heterocycles. The van der Waals surface area contributed by atoms with Crippen molar-refractivity contribution < 1.29 is 13.4 Å². The van der Waals surface area contributed by atoms with E-state index < -0.39 is 10.8 Å². The van der Waals surface area contributed by atoms with Crippen molar-refractivity contribution >= 4 is 45.5 Å². The van der Waals surface area contributed by atoms with E-state index in [0.717, 1.165) is 11.1 Å². The van der Waals surface area contributed by atoms with Crippen molar-refractivity contribution in [1.29, 1.82) is 0 Å². The second-order valence-corrected chi connectivity index (χ2v) is 10.9. The summed E-state index contributed by atoms with van der Waals surface area (Å²) in [5, 5.41) is 10.2. The zero-order chi connectivity index (χ0) is 26.1. The van der Waals surface area contributed by atoms with Crippen LogP contribution in [0.25, 0.3) is 11.3 Å². The maximum atomic E-state index is 13.5. The zero-order valence-corrected chi connectivity index (χ0v) is 22.1. The lowest BCUT2D eigenvalue weighted by Crippen LogP contribution is -2.28. The van der Waals surface area contributed by atoms with Crippen molar-refractivity contribution in [3.63, 3.8) is 0 Å². The normalized spacial score (nSPS) is 15.6. The average molecular weight is 554 g/mol. The van der Waals surface area contributed by atoms with Gasteiger partial charge in [-0.25, -0.2) is 9.07 Å². The van der Waals surface area contributed by atoms with Gasteiger partial charge in [-0.05, 0) is 54.0 Å². The molecule has 1 aromatic heterocycles. The highest BCUT2D eigenvalue weighted by molar-refractivity contribution is 7.87. The van der Waals surface area contributed by atoms with Crippen molar-refractivity contribution in [2.45, 2.75) is 25.1 Å². The van der Waals surface area contributed by atoms with Crippen molar-refractivity contribution in [3.05, 3.63) is 122 Å². The third kappa shape index (κ3) is 5.39. The molecule has 1 N–H and O–H groups in total. The Labute approximate surface area is 226 Å². The molecular formula is C28H22Cl2FN3O2S. The number of carbonyl (C=O) groups is 1. The number of halogens is 3.